The van der Waals surface area contributed by atoms with E-state index in [1.165, 1.54) is 6.42 Å². The summed E-state index contributed by atoms with van der Waals surface area (Å²) in [5, 5.41) is 6.68. The highest BCUT2D eigenvalue weighted by Gasteiger charge is 2.19. The zero-order valence-electron chi connectivity index (χ0n) is 10.2. The molecule has 14 heavy (non-hydrogen) atoms. The van der Waals surface area contributed by atoms with Crippen molar-refractivity contribution in [3.8, 4) is 0 Å². The van der Waals surface area contributed by atoms with E-state index in [-0.39, 0.29) is 5.54 Å². The first-order valence-electron chi connectivity index (χ1n) is 5.58. The van der Waals surface area contributed by atoms with Crippen LogP contribution < -0.4 is 10.6 Å². The van der Waals surface area contributed by atoms with Gasteiger partial charge in [0.05, 0.1) is 0 Å². The van der Waals surface area contributed by atoms with Crippen LogP contribution >= 0.6 is 0 Å². The normalized spacial score (nSPS) is 14.0. The van der Waals surface area contributed by atoms with E-state index < -0.39 is 0 Å². The van der Waals surface area contributed by atoms with Gasteiger partial charge in [-0.2, -0.15) is 0 Å². The van der Waals surface area contributed by atoms with Gasteiger partial charge in [0, 0.05) is 5.54 Å². The molecule has 0 aliphatic rings. The van der Waals surface area contributed by atoms with Crippen LogP contribution in [0.1, 0.15) is 33.6 Å². The fourth-order valence-corrected chi connectivity index (χ4v) is 1.84. The average Bonchev–Trinajstić information content (AvgIpc) is 2.12. The summed E-state index contributed by atoms with van der Waals surface area (Å²) in [6, 6.07) is 0. The zero-order chi connectivity index (χ0) is 11.0. The van der Waals surface area contributed by atoms with E-state index in [9.17, 15) is 0 Å². The van der Waals surface area contributed by atoms with Gasteiger partial charge in [-0.15, -0.1) is 6.58 Å². The topological polar surface area (TPSA) is 24.1 Å². The van der Waals surface area contributed by atoms with Crippen LogP contribution in [0.5, 0.6) is 0 Å². The summed E-state index contributed by atoms with van der Waals surface area (Å²) in [6.45, 7) is 12.7. The Hall–Kier alpha value is -0.340. The predicted octanol–water partition coefficient (Wildman–Crippen LogP) is 2.18. The Morgan fingerprint density at radius 3 is 2.50 bits per heavy atom. The Morgan fingerprint density at radius 2 is 2.07 bits per heavy atom. The van der Waals surface area contributed by atoms with Crippen LogP contribution in [-0.2, 0) is 0 Å². The number of rotatable bonds is 8. The summed E-state index contributed by atoms with van der Waals surface area (Å²) < 4.78 is 0. The van der Waals surface area contributed by atoms with Crippen molar-refractivity contribution in [3.63, 3.8) is 0 Å². The Labute approximate surface area is 89.2 Å². The van der Waals surface area contributed by atoms with Gasteiger partial charge in [0.2, 0.25) is 0 Å². The van der Waals surface area contributed by atoms with Crippen LogP contribution in [0.2, 0.25) is 0 Å². The van der Waals surface area contributed by atoms with Crippen molar-refractivity contribution in [2.75, 3.05) is 20.1 Å². The Bertz CT molecular complexity index is 152. The van der Waals surface area contributed by atoms with Crippen LogP contribution in [0.15, 0.2) is 12.7 Å². The summed E-state index contributed by atoms with van der Waals surface area (Å²) in [5.41, 5.74) is 0.224. The van der Waals surface area contributed by atoms with Gasteiger partial charge in [-0.3, -0.25) is 0 Å². The molecule has 0 spiro atoms. The highest BCUT2D eigenvalue weighted by Crippen LogP contribution is 2.19. The number of nitrogens with one attached hydrogen (secondary N) is 2. The third-order valence-electron chi connectivity index (χ3n) is 2.53. The van der Waals surface area contributed by atoms with Gasteiger partial charge < -0.3 is 10.6 Å². The molecule has 0 saturated heterocycles. The molecule has 84 valence electrons. The van der Waals surface area contributed by atoms with Crippen LogP contribution in [0.3, 0.4) is 0 Å². The van der Waals surface area contributed by atoms with E-state index in [0.717, 1.165) is 19.5 Å². The summed E-state index contributed by atoms with van der Waals surface area (Å²) >= 11 is 0. The molecule has 0 heterocycles. The molecule has 0 aliphatic heterocycles. The minimum absolute atomic E-state index is 0.224. The second-order valence-corrected chi connectivity index (χ2v) is 4.51. The molecule has 0 rings (SSSR count). The van der Waals surface area contributed by atoms with Crippen molar-refractivity contribution in [1.82, 2.24) is 10.6 Å². The highest BCUT2D eigenvalue weighted by molar-refractivity contribution is 4.88. The molecular formula is C12H26N2. The predicted molar refractivity (Wildman–Crippen MR) is 64.6 cm³/mol. The summed E-state index contributed by atoms with van der Waals surface area (Å²) in [6.07, 6.45) is 4.41. The van der Waals surface area contributed by atoms with E-state index in [1.54, 1.807) is 0 Å². The molecule has 0 aromatic carbocycles. The van der Waals surface area contributed by atoms with E-state index in [2.05, 4.69) is 44.1 Å². The first-order chi connectivity index (χ1) is 6.55. The van der Waals surface area contributed by atoms with Gasteiger partial charge in [-0.05, 0) is 52.7 Å². The Kier molecular flexibility index (Phi) is 6.85. The molecule has 0 aromatic rings. The van der Waals surface area contributed by atoms with Crippen molar-refractivity contribution in [2.45, 2.75) is 39.2 Å². The molecule has 0 saturated carbocycles. The van der Waals surface area contributed by atoms with Crippen LogP contribution in [-0.4, -0.2) is 25.7 Å². The zero-order valence-corrected chi connectivity index (χ0v) is 10.2. The maximum absolute atomic E-state index is 3.90. The van der Waals surface area contributed by atoms with Gasteiger partial charge >= 0.3 is 0 Å². The van der Waals surface area contributed by atoms with Gasteiger partial charge in [-0.25, -0.2) is 0 Å². The number of hydrogen-bond acceptors (Lipinski definition) is 2. The largest absolute Gasteiger partial charge is 0.320 e. The molecule has 0 unspecified atom stereocenters. The lowest BCUT2D eigenvalue weighted by Crippen LogP contribution is -2.40. The molecule has 1 atom stereocenters. The molecule has 0 fully saturated rings. The number of hydrogen-bond donors (Lipinski definition) is 2. The quantitative estimate of drug-likeness (QED) is 0.584. The van der Waals surface area contributed by atoms with Crippen molar-refractivity contribution in [3.05, 3.63) is 12.7 Å². The van der Waals surface area contributed by atoms with Crippen LogP contribution in [0.4, 0.5) is 0 Å². The van der Waals surface area contributed by atoms with Crippen molar-refractivity contribution >= 4 is 0 Å². The van der Waals surface area contributed by atoms with Gasteiger partial charge in [-0.1, -0.05) is 13.0 Å². The molecule has 0 bridgehead atoms. The lowest BCUT2D eigenvalue weighted by atomic mass is 9.88. The smallest absolute Gasteiger partial charge is 0.0130 e. The van der Waals surface area contributed by atoms with Crippen LogP contribution in [0.25, 0.3) is 0 Å². The van der Waals surface area contributed by atoms with Crippen molar-refractivity contribution in [2.24, 2.45) is 5.92 Å². The Morgan fingerprint density at radius 1 is 1.43 bits per heavy atom. The molecular weight excluding hydrogens is 172 g/mol. The number of allylic oxidation sites excluding steroid dienone is 1. The van der Waals surface area contributed by atoms with Gasteiger partial charge in [0.25, 0.3) is 0 Å². The third-order valence-corrected chi connectivity index (χ3v) is 2.53. The molecule has 2 heteroatoms. The molecule has 2 N–H and O–H groups in total. The Balaban J connectivity index is 3.95. The van der Waals surface area contributed by atoms with E-state index in [1.807, 2.05) is 7.05 Å². The second-order valence-electron chi connectivity index (χ2n) is 4.51. The fraction of sp³-hybridized carbons (Fsp3) is 0.833. The first kappa shape index (κ1) is 13.7. The first-order valence-corrected chi connectivity index (χ1v) is 5.58. The van der Waals surface area contributed by atoms with Crippen molar-refractivity contribution in [1.29, 1.82) is 0 Å². The average molecular weight is 198 g/mol. The van der Waals surface area contributed by atoms with Gasteiger partial charge in [0.15, 0.2) is 0 Å². The lowest BCUT2D eigenvalue weighted by molar-refractivity contribution is 0.320. The molecule has 0 radical (unpaired) electrons. The molecule has 2 nitrogen and oxygen atoms in total. The fourth-order valence-electron chi connectivity index (χ4n) is 1.84. The van der Waals surface area contributed by atoms with E-state index in [0.29, 0.717) is 5.92 Å². The maximum Gasteiger partial charge on any atom is 0.0130 e. The van der Waals surface area contributed by atoms with E-state index in [4.69, 9.17) is 0 Å². The van der Waals surface area contributed by atoms with Crippen molar-refractivity contribution < 1.29 is 0 Å². The highest BCUT2D eigenvalue weighted by atomic mass is 14.9. The van der Waals surface area contributed by atoms with Gasteiger partial charge in [0.1, 0.15) is 0 Å². The summed E-state index contributed by atoms with van der Waals surface area (Å²) in [4.78, 5) is 0. The maximum atomic E-state index is 3.90. The minimum atomic E-state index is 0.224. The molecule has 0 aliphatic carbocycles. The third kappa shape index (κ3) is 6.17. The molecule has 0 amide bonds. The van der Waals surface area contributed by atoms with E-state index >= 15 is 0 Å². The summed E-state index contributed by atoms with van der Waals surface area (Å²) in [7, 11) is 2.00. The standard InChI is InChI=1S/C12H26N2/c1-6-11(8-9-13-5)10-12(3,4)14-7-2/h6,11,13-14H,1,7-10H2,2-5H3/t11-/m1/s1. The SMILES string of the molecule is C=C[C@H](CCNC)CC(C)(C)NCC. The van der Waals surface area contributed by atoms with Crippen LogP contribution in [0, 0.1) is 5.92 Å². The summed E-state index contributed by atoms with van der Waals surface area (Å²) in [5.74, 6) is 0.608. The lowest BCUT2D eigenvalue weighted by Gasteiger charge is -2.29. The second kappa shape index (κ2) is 7.02. The molecule has 0 aromatic heterocycles. The monoisotopic (exact) mass is 198 g/mol. The minimum Gasteiger partial charge on any atom is -0.320 e.